The first kappa shape index (κ1) is 32.8. The van der Waals surface area contributed by atoms with Crippen molar-refractivity contribution in [3.63, 3.8) is 0 Å². The van der Waals surface area contributed by atoms with Crippen molar-refractivity contribution in [3.05, 3.63) is 29.8 Å². The highest BCUT2D eigenvalue weighted by molar-refractivity contribution is 5.27. The van der Waals surface area contributed by atoms with Crippen LogP contribution in [-0.2, 0) is 30.1 Å². The second kappa shape index (κ2) is 25.5. The molecule has 1 rings (SSSR count). The maximum Gasteiger partial charge on any atom is 0.119 e. The van der Waals surface area contributed by atoms with Crippen LogP contribution in [0.3, 0.4) is 0 Å². The lowest BCUT2D eigenvalue weighted by Crippen LogP contribution is -2.15. The van der Waals surface area contributed by atoms with Crippen molar-refractivity contribution in [1.82, 2.24) is 0 Å². The molecule has 0 fully saturated rings. The van der Waals surface area contributed by atoms with E-state index >= 15 is 0 Å². The summed E-state index contributed by atoms with van der Waals surface area (Å²) in [6, 6.07) is 8.48. The van der Waals surface area contributed by atoms with Gasteiger partial charge in [0.25, 0.3) is 0 Å². The standard InChI is InChI=1S/C30H54O6/c1-4-6-7-8-9-10-11-12-29-13-15-30(16-14-29)36-26-25-34-22-21-32-18-17-31-19-20-33-23-24-35-27-28(3)5-2/h13-16,28H,4-12,17-27H2,1-3H3. The lowest BCUT2D eigenvalue weighted by atomic mass is 10.0. The Balaban J connectivity index is 1.81. The van der Waals surface area contributed by atoms with Gasteiger partial charge < -0.3 is 28.4 Å². The maximum atomic E-state index is 5.77. The van der Waals surface area contributed by atoms with Gasteiger partial charge in [0, 0.05) is 6.61 Å². The molecule has 0 amide bonds. The molecule has 6 heteroatoms. The highest BCUT2D eigenvalue weighted by Gasteiger charge is 1.99. The topological polar surface area (TPSA) is 55.4 Å². The van der Waals surface area contributed by atoms with Gasteiger partial charge in [-0.05, 0) is 36.5 Å². The second-order valence-corrected chi connectivity index (χ2v) is 9.40. The van der Waals surface area contributed by atoms with E-state index in [1.165, 1.54) is 50.5 Å². The van der Waals surface area contributed by atoms with Crippen molar-refractivity contribution in [3.8, 4) is 5.75 Å². The van der Waals surface area contributed by atoms with Crippen LogP contribution < -0.4 is 4.74 Å². The summed E-state index contributed by atoms with van der Waals surface area (Å²) >= 11 is 0. The number of aryl methyl sites for hydroxylation is 1. The van der Waals surface area contributed by atoms with Crippen LogP contribution in [0.2, 0.25) is 0 Å². The van der Waals surface area contributed by atoms with E-state index in [2.05, 4.69) is 45.0 Å². The predicted molar refractivity (Wildman–Crippen MR) is 147 cm³/mol. The highest BCUT2D eigenvalue weighted by atomic mass is 16.6. The molecule has 0 saturated carbocycles. The van der Waals surface area contributed by atoms with E-state index in [0.29, 0.717) is 72.0 Å². The molecule has 6 nitrogen and oxygen atoms in total. The maximum absolute atomic E-state index is 5.77. The monoisotopic (exact) mass is 510 g/mol. The molecule has 1 aromatic rings. The molecule has 36 heavy (non-hydrogen) atoms. The molecule has 0 aliphatic carbocycles. The van der Waals surface area contributed by atoms with Gasteiger partial charge in [-0.1, -0.05) is 77.8 Å². The van der Waals surface area contributed by atoms with E-state index in [0.717, 1.165) is 25.2 Å². The molecule has 0 radical (unpaired) electrons. The minimum absolute atomic E-state index is 0.545. The number of ether oxygens (including phenoxy) is 6. The van der Waals surface area contributed by atoms with Crippen LogP contribution in [0.5, 0.6) is 5.75 Å². The van der Waals surface area contributed by atoms with E-state index in [1.54, 1.807) is 0 Å². The van der Waals surface area contributed by atoms with Crippen molar-refractivity contribution < 1.29 is 28.4 Å². The predicted octanol–water partition coefficient (Wildman–Crippen LogP) is 6.49. The van der Waals surface area contributed by atoms with Crippen molar-refractivity contribution in [1.29, 1.82) is 0 Å². The molecule has 0 bridgehead atoms. The average molecular weight is 511 g/mol. The lowest BCUT2D eigenvalue weighted by Gasteiger charge is -2.10. The Morgan fingerprint density at radius 1 is 0.556 bits per heavy atom. The molecule has 1 unspecified atom stereocenters. The van der Waals surface area contributed by atoms with Gasteiger partial charge in [-0.15, -0.1) is 0 Å². The van der Waals surface area contributed by atoms with Crippen LogP contribution in [0, 0.1) is 5.92 Å². The molecule has 0 saturated heterocycles. The third-order valence-corrected chi connectivity index (χ3v) is 6.08. The average Bonchev–Trinajstić information content (AvgIpc) is 2.90. The number of rotatable bonds is 27. The first-order chi connectivity index (χ1) is 17.8. The summed E-state index contributed by atoms with van der Waals surface area (Å²) in [5.74, 6) is 1.51. The molecule has 210 valence electrons. The van der Waals surface area contributed by atoms with Crippen molar-refractivity contribution in [2.45, 2.75) is 78.6 Å². The Kier molecular flexibility index (Phi) is 23.2. The van der Waals surface area contributed by atoms with Crippen molar-refractivity contribution >= 4 is 0 Å². The largest absolute Gasteiger partial charge is 0.491 e. The van der Waals surface area contributed by atoms with Gasteiger partial charge in [0.1, 0.15) is 12.4 Å². The Morgan fingerprint density at radius 3 is 1.56 bits per heavy atom. The van der Waals surface area contributed by atoms with Crippen LogP contribution in [0.15, 0.2) is 24.3 Å². The van der Waals surface area contributed by atoms with E-state index in [-0.39, 0.29) is 0 Å². The van der Waals surface area contributed by atoms with Gasteiger partial charge >= 0.3 is 0 Å². The number of hydrogen-bond donors (Lipinski definition) is 0. The van der Waals surface area contributed by atoms with Gasteiger partial charge in [-0.25, -0.2) is 0 Å². The number of benzene rings is 1. The number of hydrogen-bond acceptors (Lipinski definition) is 6. The second-order valence-electron chi connectivity index (χ2n) is 9.40. The summed E-state index contributed by atoms with van der Waals surface area (Å²) in [6.45, 7) is 13.2. The molecule has 0 aliphatic rings. The lowest BCUT2D eigenvalue weighted by molar-refractivity contribution is -0.0146. The molecule has 1 atom stereocenters. The Hall–Kier alpha value is -1.18. The van der Waals surface area contributed by atoms with E-state index in [1.807, 2.05) is 0 Å². The Morgan fingerprint density at radius 2 is 1.03 bits per heavy atom. The Labute approximate surface area is 221 Å². The summed E-state index contributed by atoms with van der Waals surface area (Å²) in [6.07, 6.45) is 11.7. The molecule has 0 aromatic heterocycles. The smallest absolute Gasteiger partial charge is 0.119 e. The van der Waals surface area contributed by atoms with Crippen LogP contribution in [-0.4, -0.2) is 72.7 Å². The van der Waals surface area contributed by atoms with Crippen molar-refractivity contribution in [2.24, 2.45) is 5.92 Å². The van der Waals surface area contributed by atoms with Crippen molar-refractivity contribution in [2.75, 3.05) is 72.7 Å². The zero-order chi connectivity index (χ0) is 25.9. The Bertz CT molecular complexity index is 565. The van der Waals surface area contributed by atoms with E-state index in [9.17, 15) is 0 Å². The first-order valence-corrected chi connectivity index (χ1v) is 14.4. The number of unbranched alkanes of at least 4 members (excludes halogenated alkanes) is 6. The summed E-state index contributed by atoms with van der Waals surface area (Å²) in [7, 11) is 0. The van der Waals surface area contributed by atoms with Gasteiger partial charge in [0.05, 0.1) is 59.5 Å². The molecule has 0 spiro atoms. The fourth-order valence-electron chi connectivity index (χ4n) is 3.54. The first-order valence-electron chi connectivity index (χ1n) is 14.4. The van der Waals surface area contributed by atoms with Gasteiger partial charge in [-0.2, -0.15) is 0 Å². The minimum atomic E-state index is 0.545. The van der Waals surface area contributed by atoms with Crippen LogP contribution in [0.1, 0.15) is 77.7 Å². The van der Waals surface area contributed by atoms with Crippen LogP contribution in [0.4, 0.5) is 0 Å². The fourth-order valence-corrected chi connectivity index (χ4v) is 3.54. The zero-order valence-corrected chi connectivity index (χ0v) is 23.5. The molecule has 0 heterocycles. The molecule has 1 aromatic carbocycles. The summed E-state index contributed by atoms with van der Waals surface area (Å²) < 4.78 is 33.4. The third-order valence-electron chi connectivity index (χ3n) is 6.08. The highest BCUT2D eigenvalue weighted by Crippen LogP contribution is 2.15. The zero-order valence-electron chi connectivity index (χ0n) is 23.5. The SMILES string of the molecule is CCCCCCCCCc1ccc(OCCOCCOCCOCCOCCOCC(C)CC)cc1. The normalized spacial score (nSPS) is 12.2. The third kappa shape index (κ3) is 21.0. The van der Waals surface area contributed by atoms with Crippen LogP contribution in [0.25, 0.3) is 0 Å². The molecular weight excluding hydrogens is 456 g/mol. The molecule has 0 N–H and O–H groups in total. The van der Waals surface area contributed by atoms with E-state index < -0.39 is 0 Å². The summed E-state index contributed by atoms with van der Waals surface area (Å²) in [5.41, 5.74) is 1.39. The quantitative estimate of drug-likeness (QED) is 0.126. The van der Waals surface area contributed by atoms with Crippen LogP contribution >= 0.6 is 0 Å². The fraction of sp³-hybridized carbons (Fsp3) is 0.800. The minimum Gasteiger partial charge on any atom is -0.491 e. The van der Waals surface area contributed by atoms with Gasteiger partial charge in [-0.3, -0.25) is 0 Å². The molecular formula is C30H54O6. The van der Waals surface area contributed by atoms with E-state index in [4.69, 9.17) is 28.4 Å². The summed E-state index contributed by atoms with van der Waals surface area (Å²) in [4.78, 5) is 0. The molecule has 0 aliphatic heterocycles. The summed E-state index contributed by atoms with van der Waals surface area (Å²) in [5, 5.41) is 0. The van der Waals surface area contributed by atoms with Gasteiger partial charge in [0.15, 0.2) is 0 Å². The van der Waals surface area contributed by atoms with Gasteiger partial charge in [0.2, 0.25) is 0 Å².